The molecule has 1 aliphatic rings. The SMILES string of the molecule is Cc1cc(NC(=O)CN2CCOC(c3ccc(F)cc3)C2)on1. The van der Waals surface area contributed by atoms with Gasteiger partial charge in [-0.1, -0.05) is 17.3 Å². The topological polar surface area (TPSA) is 67.6 Å². The van der Waals surface area contributed by atoms with E-state index >= 15 is 0 Å². The Bertz CT molecular complexity index is 671. The molecule has 1 unspecified atom stereocenters. The van der Waals surface area contributed by atoms with Crippen molar-refractivity contribution >= 4 is 11.8 Å². The van der Waals surface area contributed by atoms with Gasteiger partial charge in [-0.25, -0.2) is 4.39 Å². The predicted octanol–water partition coefficient (Wildman–Crippen LogP) is 2.13. The van der Waals surface area contributed by atoms with Crippen LogP contribution < -0.4 is 5.32 Å². The van der Waals surface area contributed by atoms with Crippen LogP contribution >= 0.6 is 0 Å². The number of rotatable bonds is 4. The predicted molar refractivity (Wildman–Crippen MR) is 81.4 cm³/mol. The zero-order valence-electron chi connectivity index (χ0n) is 12.8. The van der Waals surface area contributed by atoms with Crippen molar-refractivity contribution in [3.8, 4) is 0 Å². The number of morpholine rings is 1. The van der Waals surface area contributed by atoms with Crippen LogP contribution in [0.1, 0.15) is 17.4 Å². The molecule has 2 heterocycles. The highest BCUT2D eigenvalue weighted by atomic mass is 19.1. The van der Waals surface area contributed by atoms with Gasteiger partial charge in [0.25, 0.3) is 0 Å². The Kier molecular flexibility index (Phi) is 4.68. The minimum atomic E-state index is -0.275. The molecule has 1 atom stereocenters. The second-order valence-electron chi connectivity index (χ2n) is 5.53. The molecule has 1 N–H and O–H groups in total. The first-order valence-corrected chi connectivity index (χ1v) is 7.43. The molecule has 1 saturated heterocycles. The molecule has 122 valence electrons. The lowest BCUT2D eigenvalue weighted by Crippen LogP contribution is -2.42. The van der Waals surface area contributed by atoms with Gasteiger partial charge in [0.2, 0.25) is 11.8 Å². The third-order valence-corrected chi connectivity index (χ3v) is 3.65. The van der Waals surface area contributed by atoms with Gasteiger partial charge in [-0.3, -0.25) is 15.0 Å². The van der Waals surface area contributed by atoms with E-state index < -0.39 is 0 Å². The number of nitrogens with one attached hydrogen (secondary N) is 1. The molecule has 7 heteroatoms. The molecule has 2 aromatic rings. The van der Waals surface area contributed by atoms with Crippen molar-refractivity contribution in [2.75, 3.05) is 31.6 Å². The van der Waals surface area contributed by atoms with Crippen molar-refractivity contribution in [1.29, 1.82) is 0 Å². The van der Waals surface area contributed by atoms with Crippen LogP contribution in [-0.2, 0) is 9.53 Å². The van der Waals surface area contributed by atoms with Crippen LogP contribution in [-0.4, -0.2) is 42.2 Å². The molecular weight excluding hydrogens is 301 g/mol. The summed E-state index contributed by atoms with van der Waals surface area (Å²) in [5, 5.41) is 6.39. The number of anilines is 1. The van der Waals surface area contributed by atoms with Gasteiger partial charge in [-0.15, -0.1) is 0 Å². The lowest BCUT2D eigenvalue weighted by atomic mass is 10.1. The van der Waals surface area contributed by atoms with Gasteiger partial charge < -0.3 is 9.26 Å². The van der Waals surface area contributed by atoms with E-state index in [0.717, 1.165) is 5.56 Å². The minimum Gasteiger partial charge on any atom is -0.371 e. The molecule has 0 saturated carbocycles. The van der Waals surface area contributed by atoms with E-state index in [1.165, 1.54) is 12.1 Å². The fourth-order valence-electron chi connectivity index (χ4n) is 2.53. The fraction of sp³-hybridized carbons (Fsp3) is 0.375. The molecule has 6 nitrogen and oxygen atoms in total. The first kappa shape index (κ1) is 15.6. The minimum absolute atomic E-state index is 0.162. The summed E-state index contributed by atoms with van der Waals surface area (Å²) in [4.78, 5) is 14.0. The summed E-state index contributed by atoms with van der Waals surface area (Å²) in [6.07, 6.45) is -0.162. The highest BCUT2D eigenvalue weighted by Crippen LogP contribution is 2.22. The van der Waals surface area contributed by atoms with Crippen molar-refractivity contribution in [1.82, 2.24) is 10.1 Å². The number of aryl methyl sites for hydroxylation is 1. The summed E-state index contributed by atoms with van der Waals surface area (Å²) in [7, 11) is 0. The molecule has 1 fully saturated rings. The molecule has 0 aliphatic carbocycles. The van der Waals surface area contributed by atoms with Gasteiger partial charge in [0, 0.05) is 19.2 Å². The number of hydrogen-bond acceptors (Lipinski definition) is 5. The van der Waals surface area contributed by atoms with E-state index in [1.807, 2.05) is 4.90 Å². The first-order chi connectivity index (χ1) is 11.1. The number of halogens is 1. The smallest absolute Gasteiger partial charge is 0.240 e. The molecule has 1 aromatic carbocycles. The summed E-state index contributed by atoms with van der Waals surface area (Å²) < 4.78 is 23.7. The second kappa shape index (κ2) is 6.89. The number of benzene rings is 1. The Morgan fingerprint density at radius 2 is 2.22 bits per heavy atom. The van der Waals surface area contributed by atoms with E-state index in [4.69, 9.17) is 9.26 Å². The third kappa shape index (κ3) is 4.14. The number of nitrogens with zero attached hydrogens (tertiary/aromatic N) is 2. The average Bonchev–Trinajstić information content (AvgIpc) is 2.93. The van der Waals surface area contributed by atoms with Crippen LogP contribution in [0.3, 0.4) is 0 Å². The van der Waals surface area contributed by atoms with Crippen molar-refractivity contribution in [3.63, 3.8) is 0 Å². The molecule has 0 radical (unpaired) electrons. The molecule has 1 aliphatic heterocycles. The normalized spacial score (nSPS) is 18.8. The third-order valence-electron chi connectivity index (χ3n) is 3.65. The molecule has 1 amide bonds. The average molecular weight is 319 g/mol. The quantitative estimate of drug-likeness (QED) is 0.935. The number of carbonyl (C=O) groups is 1. The van der Waals surface area contributed by atoms with Crippen LogP contribution in [0.15, 0.2) is 34.9 Å². The Morgan fingerprint density at radius 3 is 2.91 bits per heavy atom. The summed E-state index contributed by atoms with van der Waals surface area (Å²) in [5.74, 6) is -0.0973. The van der Waals surface area contributed by atoms with Gasteiger partial charge in [0.15, 0.2) is 0 Å². The van der Waals surface area contributed by atoms with Crippen molar-refractivity contribution in [2.24, 2.45) is 0 Å². The number of ether oxygens (including phenoxy) is 1. The van der Waals surface area contributed by atoms with E-state index in [9.17, 15) is 9.18 Å². The van der Waals surface area contributed by atoms with Crippen molar-refractivity contribution < 1.29 is 18.4 Å². The Morgan fingerprint density at radius 1 is 1.43 bits per heavy atom. The van der Waals surface area contributed by atoms with Crippen LogP contribution in [0.4, 0.5) is 10.3 Å². The summed E-state index contributed by atoms with van der Waals surface area (Å²) in [5.41, 5.74) is 1.62. The van der Waals surface area contributed by atoms with E-state index in [0.29, 0.717) is 31.3 Å². The maximum atomic E-state index is 13.0. The standard InChI is InChI=1S/C16H18FN3O3/c1-11-8-16(23-19-11)18-15(21)10-20-6-7-22-14(9-20)12-2-4-13(17)5-3-12/h2-5,8,14H,6-7,9-10H2,1H3,(H,18,21). The number of carbonyl (C=O) groups excluding carboxylic acids is 1. The maximum absolute atomic E-state index is 13.0. The second-order valence-corrected chi connectivity index (χ2v) is 5.53. The first-order valence-electron chi connectivity index (χ1n) is 7.43. The maximum Gasteiger partial charge on any atom is 0.240 e. The summed E-state index contributed by atoms with van der Waals surface area (Å²) in [6.45, 7) is 3.79. The lowest BCUT2D eigenvalue weighted by Gasteiger charge is -2.32. The Hall–Kier alpha value is -2.25. The van der Waals surface area contributed by atoms with Crippen LogP contribution in [0.25, 0.3) is 0 Å². The summed E-state index contributed by atoms with van der Waals surface area (Å²) >= 11 is 0. The van der Waals surface area contributed by atoms with Gasteiger partial charge in [0.05, 0.1) is 24.9 Å². The number of amides is 1. The highest BCUT2D eigenvalue weighted by Gasteiger charge is 2.23. The van der Waals surface area contributed by atoms with Crippen LogP contribution in [0.5, 0.6) is 0 Å². The molecule has 0 spiro atoms. The highest BCUT2D eigenvalue weighted by molar-refractivity contribution is 5.90. The molecule has 0 bridgehead atoms. The van der Waals surface area contributed by atoms with Gasteiger partial charge >= 0.3 is 0 Å². The number of aromatic nitrogens is 1. The van der Waals surface area contributed by atoms with E-state index in [1.54, 1.807) is 25.1 Å². The molecule has 3 rings (SSSR count). The molecular formula is C16H18FN3O3. The van der Waals surface area contributed by atoms with Crippen molar-refractivity contribution in [2.45, 2.75) is 13.0 Å². The zero-order chi connectivity index (χ0) is 16.2. The van der Waals surface area contributed by atoms with Crippen molar-refractivity contribution in [3.05, 3.63) is 47.4 Å². The molecule has 1 aromatic heterocycles. The number of hydrogen-bond donors (Lipinski definition) is 1. The Labute approximate surface area is 133 Å². The van der Waals surface area contributed by atoms with Gasteiger partial charge in [0.1, 0.15) is 5.82 Å². The van der Waals surface area contributed by atoms with E-state index in [-0.39, 0.29) is 24.4 Å². The Balaban J connectivity index is 1.55. The largest absolute Gasteiger partial charge is 0.371 e. The van der Waals surface area contributed by atoms with Crippen LogP contribution in [0, 0.1) is 12.7 Å². The zero-order valence-corrected chi connectivity index (χ0v) is 12.8. The van der Waals surface area contributed by atoms with Gasteiger partial charge in [-0.2, -0.15) is 0 Å². The fourth-order valence-corrected chi connectivity index (χ4v) is 2.53. The lowest BCUT2D eigenvalue weighted by molar-refractivity contribution is -0.119. The van der Waals surface area contributed by atoms with Gasteiger partial charge in [-0.05, 0) is 24.6 Å². The molecule has 23 heavy (non-hydrogen) atoms. The van der Waals surface area contributed by atoms with E-state index in [2.05, 4.69) is 10.5 Å². The summed E-state index contributed by atoms with van der Waals surface area (Å²) in [6, 6.07) is 7.91. The van der Waals surface area contributed by atoms with Crippen LogP contribution in [0.2, 0.25) is 0 Å². The monoisotopic (exact) mass is 319 g/mol.